The predicted molar refractivity (Wildman–Crippen MR) is 96.8 cm³/mol. The summed E-state index contributed by atoms with van der Waals surface area (Å²) in [5.41, 5.74) is 2.00. The lowest BCUT2D eigenvalue weighted by Gasteiger charge is -2.12. The molecule has 4 nitrogen and oxygen atoms in total. The second-order valence-corrected chi connectivity index (χ2v) is 5.32. The van der Waals surface area contributed by atoms with Crippen molar-refractivity contribution in [3.63, 3.8) is 0 Å². The molecule has 124 valence electrons. The molecule has 2 aromatic carbocycles. The number of amides is 1. The molecule has 0 fully saturated rings. The molecule has 0 aliphatic carbocycles. The zero-order valence-electron chi connectivity index (χ0n) is 13.7. The molecular weight excluding hydrogens is 302 g/mol. The minimum atomic E-state index is -0.242. The number of hydrogen-bond acceptors (Lipinski definition) is 3. The van der Waals surface area contributed by atoms with Gasteiger partial charge < -0.3 is 14.8 Å². The van der Waals surface area contributed by atoms with Gasteiger partial charge in [0.1, 0.15) is 24.7 Å². The van der Waals surface area contributed by atoms with Crippen molar-refractivity contribution in [1.82, 2.24) is 0 Å². The standard InChI is InChI=1S/C20H21NO3/c1-4-12-23-17-9-7-8-16(13-17)21-20(22)18-10-5-6-11-19(18)24-14-15(2)3/h4-11,13H,1-2,12,14H2,3H3,(H,21,22). The lowest BCUT2D eigenvalue weighted by molar-refractivity contribution is 0.102. The number of nitrogens with one attached hydrogen (secondary N) is 1. The van der Waals surface area contributed by atoms with Gasteiger partial charge in [0, 0.05) is 11.8 Å². The van der Waals surface area contributed by atoms with Crippen molar-refractivity contribution in [2.24, 2.45) is 0 Å². The quantitative estimate of drug-likeness (QED) is 0.730. The van der Waals surface area contributed by atoms with Crippen LogP contribution in [0.4, 0.5) is 5.69 Å². The Morgan fingerprint density at radius 1 is 1.17 bits per heavy atom. The predicted octanol–water partition coefficient (Wildman–Crippen LogP) is 4.46. The van der Waals surface area contributed by atoms with Crippen LogP contribution in [0.3, 0.4) is 0 Å². The highest BCUT2D eigenvalue weighted by atomic mass is 16.5. The van der Waals surface area contributed by atoms with E-state index in [9.17, 15) is 4.79 Å². The van der Waals surface area contributed by atoms with Crippen LogP contribution >= 0.6 is 0 Å². The molecule has 2 rings (SSSR count). The maximum absolute atomic E-state index is 12.5. The van der Waals surface area contributed by atoms with E-state index in [1.807, 2.05) is 25.1 Å². The number of anilines is 1. The summed E-state index contributed by atoms with van der Waals surface area (Å²) in [5.74, 6) is 0.949. The molecule has 0 radical (unpaired) electrons. The highest BCUT2D eigenvalue weighted by molar-refractivity contribution is 6.06. The number of carbonyl (C=O) groups excluding carboxylic acids is 1. The molecule has 0 bridgehead atoms. The summed E-state index contributed by atoms with van der Waals surface area (Å²) in [6.45, 7) is 10.1. The van der Waals surface area contributed by atoms with Crippen molar-refractivity contribution in [2.45, 2.75) is 6.92 Å². The van der Waals surface area contributed by atoms with E-state index in [0.29, 0.717) is 36.0 Å². The smallest absolute Gasteiger partial charge is 0.259 e. The van der Waals surface area contributed by atoms with E-state index in [2.05, 4.69) is 18.5 Å². The van der Waals surface area contributed by atoms with Crippen LogP contribution in [0, 0.1) is 0 Å². The van der Waals surface area contributed by atoms with Gasteiger partial charge in [-0.05, 0) is 36.8 Å². The van der Waals surface area contributed by atoms with Gasteiger partial charge in [-0.15, -0.1) is 0 Å². The Balaban J connectivity index is 2.12. The molecule has 1 N–H and O–H groups in total. The van der Waals surface area contributed by atoms with Crippen LogP contribution in [0.15, 0.2) is 73.3 Å². The average molecular weight is 323 g/mol. The van der Waals surface area contributed by atoms with Gasteiger partial charge in [-0.3, -0.25) is 4.79 Å². The molecule has 0 atom stereocenters. The molecule has 1 amide bonds. The van der Waals surface area contributed by atoms with Crippen LogP contribution in [0.2, 0.25) is 0 Å². The molecule has 0 spiro atoms. The summed E-state index contributed by atoms with van der Waals surface area (Å²) in [5, 5.41) is 2.86. The maximum Gasteiger partial charge on any atom is 0.259 e. The van der Waals surface area contributed by atoms with Crippen LogP contribution < -0.4 is 14.8 Å². The third-order valence-corrected chi connectivity index (χ3v) is 3.07. The van der Waals surface area contributed by atoms with Crippen LogP contribution in [-0.2, 0) is 0 Å². The molecule has 0 unspecified atom stereocenters. The van der Waals surface area contributed by atoms with E-state index in [4.69, 9.17) is 9.47 Å². The molecule has 4 heteroatoms. The van der Waals surface area contributed by atoms with Crippen molar-refractivity contribution in [2.75, 3.05) is 18.5 Å². The number of benzene rings is 2. The molecule has 0 aliphatic rings. The third kappa shape index (κ3) is 5.02. The first-order chi connectivity index (χ1) is 11.6. The van der Waals surface area contributed by atoms with Gasteiger partial charge in [0.15, 0.2) is 0 Å². The van der Waals surface area contributed by atoms with Crippen LogP contribution in [0.1, 0.15) is 17.3 Å². The molecule has 2 aromatic rings. The fourth-order valence-corrected chi connectivity index (χ4v) is 2.00. The first-order valence-electron chi connectivity index (χ1n) is 7.61. The summed E-state index contributed by atoms with van der Waals surface area (Å²) in [4.78, 5) is 12.5. The number of hydrogen-bond donors (Lipinski definition) is 1. The van der Waals surface area contributed by atoms with Gasteiger partial charge in [0.25, 0.3) is 5.91 Å². The van der Waals surface area contributed by atoms with Crippen molar-refractivity contribution in [3.8, 4) is 11.5 Å². The summed E-state index contributed by atoms with van der Waals surface area (Å²) < 4.78 is 11.1. The van der Waals surface area contributed by atoms with Crippen molar-refractivity contribution in [3.05, 3.63) is 78.9 Å². The van der Waals surface area contributed by atoms with Gasteiger partial charge in [-0.25, -0.2) is 0 Å². The zero-order chi connectivity index (χ0) is 17.4. The van der Waals surface area contributed by atoms with Crippen LogP contribution in [0.5, 0.6) is 11.5 Å². The first-order valence-corrected chi connectivity index (χ1v) is 7.61. The minimum absolute atomic E-state index is 0.242. The minimum Gasteiger partial charge on any atom is -0.489 e. The van der Waals surface area contributed by atoms with Gasteiger partial charge in [-0.2, -0.15) is 0 Å². The van der Waals surface area contributed by atoms with Crippen molar-refractivity contribution in [1.29, 1.82) is 0 Å². The Labute approximate surface area is 142 Å². The monoisotopic (exact) mass is 323 g/mol. The lowest BCUT2D eigenvalue weighted by atomic mass is 10.1. The Morgan fingerprint density at radius 2 is 1.96 bits per heavy atom. The SMILES string of the molecule is C=CCOc1cccc(NC(=O)c2ccccc2OCC(=C)C)c1. The fraction of sp³-hybridized carbons (Fsp3) is 0.150. The third-order valence-electron chi connectivity index (χ3n) is 3.07. The largest absolute Gasteiger partial charge is 0.489 e. The summed E-state index contributed by atoms with van der Waals surface area (Å²) in [6.07, 6.45) is 1.67. The van der Waals surface area contributed by atoms with E-state index in [1.54, 1.807) is 36.4 Å². The van der Waals surface area contributed by atoms with E-state index in [-0.39, 0.29) is 5.91 Å². The van der Waals surface area contributed by atoms with E-state index >= 15 is 0 Å². The lowest BCUT2D eigenvalue weighted by Crippen LogP contribution is -2.14. The van der Waals surface area contributed by atoms with Crippen LogP contribution in [0.25, 0.3) is 0 Å². The molecule has 0 aromatic heterocycles. The summed E-state index contributed by atoms with van der Waals surface area (Å²) in [7, 11) is 0. The Hall–Kier alpha value is -3.01. The van der Waals surface area contributed by atoms with E-state index < -0.39 is 0 Å². The Bertz CT molecular complexity index is 737. The topological polar surface area (TPSA) is 47.6 Å². The second-order valence-electron chi connectivity index (χ2n) is 5.32. The molecule has 0 aliphatic heterocycles. The molecular formula is C20H21NO3. The summed E-state index contributed by atoms with van der Waals surface area (Å²) >= 11 is 0. The normalized spacial score (nSPS) is 9.88. The highest BCUT2D eigenvalue weighted by Gasteiger charge is 2.12. The first kappa shape index (κ1) is 17.3. The van der Waals surface area contributed by atoms with Gasteiger partial charge in [0.2, 0.25) is 0 Å². The van der Waals surface area contributed by atoms with Gasteiger partial charge >= 0.3 is 0 Å². The second kappa shape index (κ2) is 8.58. The van der Waals surface area contributed by atoms with Crippen LogP contribution in [-0.4, -0.2) is 19.1 Å². The number of carbonyl (C=O) groups is 1. The number of rotatable bonds is 8. The van der Waals surface area contributed by atoms with Crippen molar-refractivity contribution < 1.29 is 14.3 Å². The highest BCUT2D eigenvalue weighted by Crippen LogP contribution is 2.22. The van der Waals surface area contributed by atoms with E-state index in [0.717, 1.165) is 5.57 Å². The number of para-hydroxylation sites is 1. The Kier molecular flexibility index (Phi) is 6.20. The molecule has 0 saturated carbocycles. The van der Waals surface area contributed by atoms with E-state index in [1.165, 1.54) is 0 Å². The van der Waals surface area contributed by atoms with Gasteiger partial charge in [0.05, 0.1) is 5.56 Å². The molecule has 0 heterocycles. The maximum atomic E-state index is 12.5. The molecule has 24 heavy (non-hydrogen) atoms. The molecule has 0 saturated heterocycles. The Morgan fingerprint density at radius 3 is 2.71 bits per heavy atom. The number of ether oxygens (including phenoxy) is 2. The average Bonchev–Trinajstić information content (AvgIpc) is 2.58. The van der Waals surface area contributed by atoms with Crippen molar-refractivity contribution >= 4 is 11.6 Å². The van der Waals surface area contributed by atoms with Gasteiger partial charge in [-0.1, -0.05) is 37.4 Å². The summed E-state index contributed by atoms with van der Waals surface area (Å²) in [6, 6.07) is 14.3. The zero-order valence-corrected chi connectivity index (χ0v) is 13.7. The fourth-order valence-electron chi connectivity index (χ4n) is 2.00.